The number of fused-ring (bicyclic) bond motifs is 1. The van der Waals surface area contributed by atoms with E-state index in [-0.39, 0.29) is 24.7 Å². The van der Waals surface area contributed by atoms with Gasteiger partial charge in [-0.25, -0.2) is 0 Å². The molecule has 2 aliphatic rings. The molecule has 3 rings (SSSR count). The zero-order valence-corrected chi connectivity index (χ0v) is 30.5. The van der Waals surface area contributed by atoms with E-state index in [2.05, 4.69) is 48.4 Å². The maximum absolute atomic E-state index is 12.2. The van der Waals surface area contributed by atoms with Gasteiger partial charge < -0.3 is 15.2 Å². The van der Waals surface area contributed by atoms with Crippen molar-refractivity contribution in [1.29, 1.82) is 0 Å². The van der Waals surface area contributed by atoms with Gasteiger partial charge in [0.1, 0.15) is 0 Å². The van der Waals surface area contributed by atoms with Crippen LogP contribution >= 0.6 is 70.6 Å². The Morgan fingerprint density at radius 1 is 0.643 bits per heavy atom. The summed E-state index contributed by atoms with van der Waals surface area (Å²) in [6.45, 7) is 8.97. The van der Waals surface area contributed by atoms with Crippen LogP contribution in [0.25, 0.3) is 0 Å². The molecule has 0 spiro atoms. The number of unbranched alkanes of at least 4 members (excludes halogenated alkanes) is 7. The monoisotopic (exact) mass is 687 g/mol. The van der Waals surface area contributed by atoms with Gasteiger partial charge in [0, 0.05) is 54.7 Å². The van der Waals surface area contributed by atoms with Crippen molar-refractivity contribution in [3.05, 3.63) is 29.3 Å². The highest BCUT2D eigenvalue weighted by Gasteiger charge is 2.29. The normalized spacial score (nSPS) is 14.6. The van der Waals surface area contributed by atoms with E-state index in [1.807, 2.05) is 70.6 Å². The van der Waals surface area contributed by atoms with Gasteiger partial charge in [-0.1, -0.05) is 113 Å². The van der Waals surface area contributed by atoms with E-state index < -0.39 is 0 Å². The van der Waals surface area contributed by atoms with E-state index in [1.165, 1.54) is 89.6 Å². The Hall–Kier alpha value is -0.200. The summed E-state index contributed by atoms with van der Waals surface area (Å²) in [7, 11) is 0. The Kier molecular flexibility index (Phi) is 18.6. The Labute approximate surface area is 279 Å². The van der Waals surface area contributed by atoms with Crippen molar-refractivity contribution in [2.45, 2.75) is 121 Å². The Bertz CT molecular complexity index is 1010. The van der Waals surface area contributed by atoms with Gasteiger partial charge in [-0.2, -0.15) is 0 Å². The third-order valence-electron chi connectivity index (χ3n) is 6.73. The molecule has 1 aromatic rings. The number of nitrogens with one attached hydrogen (secondary N) is 2. The highest BCUT2D eigenvalue weighted by atomic mass is 32.3. The van der Waals surface area contributed by atoms with Crippen LogP contribution in [-0.2, 0) is 16.1 Å². The number of aromatic nitrogens is 1. The lowest BCUT2D eigenvalue weighted by Crippen LogP contribution is -2.29. The van der Waals surface area contributed by atoms with Crippen LogP contribution in [0.15, 0.2) is 39.1 Å². The number of aryl methyl sites for hydroxylation is 1. The average Bonchev–Trinajstić information content (AvgIpc) is 3.68. The standard InChI is InChI=1S/C31H49N3O2S6/c1-4-7-10-11-12-13-17-32-26(35)15-16-27(36)33-18-14-19-34-22-24-25(23-34)40-30(39-24)31-41-28(37-20-8-5-2)29(42-31)38-21-9-6-3/h22-23H,4-21H2,1-3H3,(H,32,35)(H,33,36). The molecule has 0 atom stereocenters. The van der Waals surface area contributed by atoms with E-state index in [1.54, 1.807) is 0 Å². The number of hydrogen-bond acceptors (Lipinski definition) is 8. The lowest BCUT2D eigenvalue weighted by Gasteiger charge is -2.08. The van der Waals surface area contributed by atoms with Gasteiger partial charge in [-0.3, -0.25) is 9.59 Å². The number of thioether (sulfide) groups is 6. The first kappa shape index (κ1) is 36.3. The first-order chi connectivity index (χ1) is 20.5. The summed E-state index contributed by atoms with van der Waals surface area (Å²) in [4.78, 5) is 26.9. The molecule has 0 fully saturated rings. The summed E-state index contributed by atoms with van der Waals surface area (Å²) in [5.74, 6) is 2.36. The van der Waals surface area contributed by atoms with Crippen molar-refractivity contribution in [2.75, 3.05) is 24.6 Å². The maximum Gasteiger partial charge on any atom is 0.220 e. The van der Waals surface area contributed by atoms with Gasteiger partial charge in [0.15, 0.2) is 0 Å². The fourth-order valence-electron chi connectivity index (χ4n) is 4.23. The van der Waals surface area contributed by atoms with Crippen molar-refractivity contribution in [3.8, 4) is 0 Å². The van der Waals surface area contributed by atoms with Gasteiger partial charge in [-0.15, -0.1) is 23.5 Å². The topological polar surface area (TPSA) is 63.1 Å². The fraction of sp³-hybridized carbons (Fsp3) is 0.677. The van der Waals surface area contributed by atoms with Crippen LogP contribution in [-0.4, -0.2) is 41.0 Å². The molecular weight excluding hydrogens is 639 g/mol. The highest BCUT2D eigenvalue weighted by molar-refractivity contribution is 8.42. The second-order valence-electron chi connectivity index (χ2n) is 10.5. The second-order valence-corrected chi connectivity index (χ2v) is 17.9. The van der Waals surface area contributed by atoms with Gasteiger partial charge >= 0.3 is 0 Å². The van der Waals surface area contributed by atoms with Gasteiger partial charge in [0.25, 0.3) is 0 Å². The molecule has 236 valence electrons. The zero-order chi connectivity index (χ0) is 30.0. The number of rotatable bonds is 22. The smallest absolute Gasteiger partial charge is 0.220 e. The van der Waals surface area contributed by atoms with Crippen molar-refractivity contribution < 1.29 is 9.59 Å². The predicted molar refractivity (Wildman–Crippen MR) is 193 cm³/mol. The molecule has 3 heterocycles. The first-order valence-corrected chi connectivity index (χ1v) is 21.0. The average molecular weight is 688 g/mol. The lowest BCUT2D eigenvalue weighted by atomic mass is 10.1. The summed E-state index contributed by atoms with van der Waals surface area (Å²) in [5, 5.41) is 5.92. The third-order valence-corrected chi connectivity index (χ3v) is 15.4. The fourth-order valence-corrected chi connectivity index (χ4v) is 13.2. The molecule has 0 aliphatic carbocycles. The van der Waals surface area contributed by atoms with Crippen molar-refractivity contribution in [3.63, 3.8) is 0 Å². The molecular formula is C31H49N3O2S6. The molecule has 0 unspecified atom stereocenters. The van der Waals surface area contributed by atoms with E-state index in [9.17, 15) is 9.59 Å². The van der Waals surface area contributed by atoms with Crippen LogP contribution in [0.3, 0.4) is 0 Å². The quantitative estimate of drug-likeness (QED) is 0.117. The summed E-state index contributed by atoms with van der Waals surface area (Å²) >= 11 is 11.9. The molecule has 2 aliphatic heterocycles. The number of hydrogen-bond donors (Lipinski definition) is 2. The van der Waals surface area contributed by atoms with Crippen LogP contribution in [0.5, 0.6) is 0 Å². The molecule has 42 heavy (non-hydrogen) atoms. The number of nitrogens with zero attached hydrogens (tertiary/aromatic N) is 1. The summed E-state index contributed by atoms with van der Waals surface area (Å²) in [6.07, 6.45) is 18.2. The number of amides is 2. The molecule has 0 saturated heterocycles. The third kappa shape index (κ3) is 13.4. The molecule has 0 aromatic carbocycles. The second kappa shape index (κ2) is 21.5. The molecule has 2 amide bonds. The van der Waals surface area contributed by atoms with Crippen LogP contribution in [0, 0.1) is 0 Å². The Morgan fingerprint density at radius 3 is 1.67 bits per heavy atom. The zero-order valence-electron chi connectivity index (χ0n) is 25.6. The summed E-state index contributed by atoms with van der Waals surface area (Å²) in [6, 6.07) is 0. The van der Waals surface area contributed by atoms with E-state index >= 15 is 0 Å². The molecule has 0 bridgehead atoms. The first-order valence-electron chi connectivity index (χ1n) is 15.7. The van der Waals surface area contributed by atoms with Gasteiger partial charge in [-0.05, 0) is 37.2 Å². The summed E-state index contributed by atoms with van der Waals surface area (Å²) < 4.78 is 8.14. The van der Waals surface area contributed by atoms with Crippen LogP contribution in [0.4, 0.5) is 0 Å². The minimum Gasteiger partial charge on any atom is -0.356 e. The van der Waals surface area contributed by atoms with Gasteiger partial charge in [0.05, 0.1) is 16.9 Å². The Morgan fingerprint density at radius 2 is 1.12 bits per heavy atom. The van der Waals surface area contributed by atoms with Crippen LogP contribution in [0.1, 0.15) is 104 Å². The van der Waals surface area contributed by atoms with E-state index in [0.29, 0.717) is 6.54 Å². The molecule has 11 heteroatoms. The molecule has 1 aromatic heterocycles. The maximum atomic E-state index is 12.2. The molecule has 2 N–H and O–H groups in total. The molecule has 5 nitrogen and oxygen atoms in total. The minimum absolute atomic E-state index is 0.0203. The van der Waals surface area contributed by atoms with E-state index in [4.69, 9.17) is 0 Å². The largest absolute Gasteiger partial charge is 0.356 e. The minimum atomic E-state index is -0.0401. The van der Waals surface area contributed by atoms with E-state index in [0.717, 1.165) is 32.4 Å². The molecule has 0 saturated carbocycles. The Balaban J connectivity index is 1.32. The SMILES string of the molecule is CCCCCCCCNC(=O)CCC(=O)NCCCn1cc2c(c1)SC(=C1SC(SCCCC)=C(SCCCC)S1)S2. The van der Waals surface area contributed by atoms with Crippen molar-refractivity contribution in [2.24, 2.45) is 0 Å². The van der Waals surface area contributed by atoms with Crippen molar-refractivity contribution >= 4 is 82.4 Å². The van der Waals surface area contributed by atoms with Crippen LogP contribution < -0.4 is 10.6 Å². The number of carbonyl (C=O) groups excluding carboxylic acids is 2. The van der Waals surface area contributed by atoms with Gasteiger partial charge in [0.2, 0.25) is 11.8 Å². The highest BCUT2D eigenvalue weighted by Crippen LogP contribution is 2.64. The van der Waals surface area contributed by atoms with Crippen molar-refractivity contribution in [1.82, 2.24) is 15.2 Å². The predicted octanol–water partition coefficient (Wildman–Crippen LogP) is 10.2. The van der Waals surface area contributed by atoms with Crippen LogP contribution in [0.2, 0.25) is 0 Å². The molecule has 0 radical (unpaired) electrons. The number of carbonyl (C=O) groups is 2. The lowest BCUT2D eigenvalue weighted by molar-refractivity contribution is -0.126. The summed E-state index contributed by atoms with van der Waals surface area (Å²) in [5.41, 5.74) is 0.